The monoisotopic (exact) mass is 519 g/mol. The lowest BCUT2D eigenvalue weighted by Gasteiger charge is -2.17. The van der Waals surface area contributed by atoms with E-state index in [0.29, 0.717) is 24.0 Å². The molecule has 3 aromatic rings. The molecule has 0 bridgehead atoms. The number of imidazole rings is 1. The zero-order valence-corrected chi connectivity index (χ0v) is 20.6. The van der Waals surface area contributed by atoms with Gasteiger partial charge in [0.15, 0.2) is 5.16 Å². The first kappa shape index (κ1) is 21.5. The van der Waals surface area contributed by atoms with Crippen LogP contribution >= 0.6 is 27.7 Å². The van der Waals surface area contributed by atoms with Crippen molar-refractivity contribution in [1.29, 1.82) is 0 Å². The Morgan fingerprint density at radius 2 is 1.71 bits per heavy atom. The van der Waals surface area contributed by atoms with Gasteiger partial charge in [0.25, 0.3) is 0 Å². The number of halogens is 1. The van der Waals surface area contributed by atoms with Crippen molar-refractivity contribution in [2.45, 2.75) is 60.4 Å². The molecule has 1 aromatic heterocycles. The van der Waals surface area contributed by atoms with Crippen LogP contribution in [0.4, 0.5) is 0 Å². The summed E-state index contributed by atoms with van der Waals surface area (Å²) in [5.41, 5.74) is 3.08. The zero-order valence-electron chi connectivity index (χ0n) is 17.3. The van der Waals surface area contributed by atoms with E-state index in [4.69, 9.17) is 4.98 Å². The van der Waals surface area contributed by atoms with Crippen LogP contribution in [0.15, 0.2) is 57.0 Å². The third-order valence-electron chi connectivity index (χ3n) is 6.30. The van der Waals surface area contributed by atoms with Crippen molar-refractivity contribution in [2.24, 2.45) is 0 Å². The van der Waals surface area contributed by atoms with Gasteiger partial charge in [-0.15, -0.1) is 0 Å². The molecule has 0 unspecified atom stereocenters. The van der Waals surface area contributed by atoms with Crippen molar-refractivity contribution >= 4 is 48.7 Å². The minimum Gasteiger partial charge on any atom is -0.316 e. The lowest BCUT2D eigenvalue weighted by molar-refractivity contribution is 0.477. The van der Waals surface area contributed by atoms with E-state index in [1.807, 2.05) is 6.07 Å². The maximum Gasteiger partial charge on any atom is 0.243 e. The molecule has 164 valence electrons. The summed E-state index contributed by atoms with van der Waals surface area (Å²) in [7, 11) is -3.44. The molecule has 8 heteroatoms. The van der Waals surface area contributed by atoms with Gasteiger partial charge in [-0.25, -0.2) is 13.4 Å². The van der Waals surface area contributed by atoms with Crippen molar-refractivity contribution in [3.8, 4) is 0 Å². The Morgan fingerprint density at radius 1 is 1.00 bits per heavy atom. The van der Waals surface area contributed by atoms with Crippen LogP contribution < -0.4 is 0 Å². The molecular formula is C23H26BrN3O2S2. The molecular weight excluding hydrogens is 494 g/mol. The van der Waals surface area contributed by atoms with Crippen LogP contribution in [0.2, 0.25) is 0 Å². The van der Waals surface area contributed by atoms with E-state index in [-0.39, 0.29) is 0 Å². The number of hydrogen-bond donors (Lipinski definition) is 0. The molecule has 5 rings (SSSR count). The molecule has 1 saturated heterocycles. The van der Waals surface area contributed by atoms with Crippen LogP contribution in [0.3, 0.4) is 0 Å². The van der Waals surface area contributed by atoms with Gasteiger partial charge < -0.3 is 4.57 Å². The van der Waals surface area contributed by atoms with Crippen LogP contribution in [-0.4, -0.2) is 35.4 Å². The maximum absolute atomic E-state index is 13.0. The number of hydrogen-bond acceptors (Lipinski definition) is 4. The Labute approximate surface area is 196 Å². The zero-order chi connectivity index (χ0) is 21.4. The highest BCUT2D eigenvalue weighted by molar-refractivity contribution is 9.10. The van der Waals surface area contributed by atoms with E-state index in [1.54, 1.807) is 28.2 Å². The standard InChI is InChI=1S/C23H26BrN3O2S2/c24-18-9-7-17(8-10-18)16-30-23-25-21-15-20(31(28,29)26-13-3-4-14-26)11-12-22(21)27(23)19-5-1-2-6-19/h7-12,15,19H,1-6,13-14,16H2. The first-order chi connectivity index (χ1) is 15.0. The van der Waals surface area contributed by atoms with E-state index in [9.17, 15) is 8.42 Å². The van der Waals surface area contributed by atoms with E-state index < -0.39 is 10.0 Å². The van der Waals surface area contributed by atoms with Gasteiger partial charge in [-0.1, -0.05) is 52.7 Å². The van der Waals surface area contributed by atoms with Crippen LogP contribution in [0.5, 0.6) is 0 Å². The first-order valence-corrected chi connectivity index (χ1v) is 14.1. The van der Waals surface area contributed by atoms with Gasteiger partial charge in [-0.05, 0) is 61.6 Å². The van der Waals surface area contributed by atoms with E-state index in [1.165, 1.54) is 18.4 Å². The van der Waals surface area contributed by atoms with Crippen LogP contribution in [0.1, 0.15) is 50.1 Å². The minimum atomic E-state index is -3.44. The topological polar surface area (TPSA) is 55.2 Å². The number of aromatic nitrogens is 2. The molecule has 2 heterocycles. The molecule has 5 nitrogen and oxygen atoms in total. The van der Waals surface area contributed by atoms with Crippen molar-refractivity contribution in [3.63, 3.8) is 0 Å². The molecule has 0 amide bonds. The van der Waals surface area contributed by atoms with Gasteiger partial charge in [-0.2, -0.15) is 4.31 Å². The normalized spacial score (nSPS) is 18.4. The summed E-state index contributed by atoms with van der Waals surface area (Å²) in [6.45, 7) is 1.23. The smallest absolute Gasteiger partial charge is 0.243 e. The summed E-state index contributed by atoms with van der Waals surface area (Å²) >= 11 is 5.23. The summed E-state index contributed by atoms with van der Waals surface area (Å²) < 4.78 is 31.1. The minimum absolute atomic E-state index is 0.363. The molecule has 0 radical (unpaired) electrons. The van der Waals surface area contributed by atoms with Gasteiger partial charge >= 0.3 is 0 Å². The highest BCUT2D eigenvalue weighted by atomic mass is 79.9. The molecule has 0 spiro atoms. The first-order valence-electron chi connectivity index (χ1n) is 10.9. The van der Waals surface area contributed by atoms with E-state index in [0.717, 1.165) is 52.1 Å². The lowest BCUT2D eigenvalue weighted by atomic mass is 10.2. The number of sulfonamides is 1. The molecule has 0 atom stereocenters. The van der Waals surface area contributed by atoms with Crippen molar-refractivity contribution in [2.75, 3.05) is 13.1 Å². The SMILES string of the molecule is O=S(=O)(c1ccc2c(c1)nc(SCc1ccc(Br)cc1)n2C1CCCC1)N1CCCC1. The molecule has 31 heavy (non-hydrogen) atoms. The third-order valence-corrected chi connectivity index (χ3v) is 9.75. The Hall–Kier alpha value is -1.35. The molecule has 1 aliphatic heterocycles. The van der Waals surface area contributed by atoms with Gasteiger partial charge in [0.2, 0.25) is 10.0 Å². The second-order valence-corrected chi connectivity index (χ2v) is 12.2. The maximum atomic E-state index is 13.0. The number of nitrogens with zero attached hydrogens (tertiary/aromatic N) is 3. The summed E-state index contributed by atoms with van der Waals surface area (Å²) in [4.78, 5) is 5.29. The fourth-order valence-electron chi connectivity index (χ4n) is 4.64. The van der Waals surface area contributed by atoms with Gasteiger partial charge in [0.05, 0.1) is 15.9 Å². The van der Waals surface area contributed by atoms with E-state index >= 15 is 0 Å². The Balaban J connectivity index is 1.50. The molecule has 2 aliphatic rings. The van der Waals surface area contributed by atoms with E-state index in [2.05, 4.69) is 44.8 Å². The number of benzene rings is 2. The second-order valence-electron chi connectivity index (χ2n) is 8.38. The Kier molecular flexibility index (Phi) is 6.16. The third kappa shape index (κ3) is 4.32. The quantitative estimate of drug-likeness (QED) is 0.375. The Bertz CT molecular complexity index is 1180. The van der Waals surface area contributed by atoms with Crippen LogP contribution in [0, 0.1) is 0 Å². The summed E-state index contributed by atoms with van der Waals surface area (Å²) in [6, 6.07) is 14.3. The number of thioether (sulfide) groups is 1. The summed E-state index contributed by atoms with van der Waals surface area (Å²) in [6.07, 6.45) is 6.67. The Morgan fingerprint density at radius 3 is 2.42 bits per heavy atom. The van der Waals surface area contributed by atoms with Crippen LogP contribution in [-0.2, 0) is 15.8 Å². The average Bonchev–Trinajstić information content (AvgIpc) is 3.53. The van der Waals surface area contributed by atoms with Gasteiger partial charge in [0, 0.05) is 29.4 Å². The predicted octanol–water partition coefficient (Wildman–Crippen LogP) is 5.99. The van der Waals surface area contributed by atoms with Gasteiger partial charge in [0.1, 0.15) is 0 Å². The highest BCUT2D eigenvalue weighted by Gasteiger charge is 2.29. The van der Waals surface area contributed by atoms with Gasteiger partial charge in [-0.3, -0.25) is 0 Å². The average molecular weight is 521 g/mol. The number of rotatable bonds is 6. The molecule has 1 aliphatic carbocycles. The summed E-state index contributed by atoms with van der Waals surface area (Å²) in [5.74, 6) is 0.836. The summed E-state index contributed by atoms with van der Waals surface area (Å²) in [5, 5.41) is 0.987. The molecule has 0 N–H and O–H groups in total. The molecule has 1 saturated carbocycles. The van der Waals surface area contributed by atoms with Crippen molar-refractivity contribution < 1.29 is 8.42 Å². The van der Waals surface area contributed by atoms with Crippen molar-refractivity contribution in [3.05, 3.63) is 52.5 Å². The fraction of sp³-hybridized carbons (Fsp3) is 0.435. The predicted molar refractivity (Wildman–Crippen MR) is 129 cm³/mol. The number of fused-ring (bicyclic) bond motifs is 1. The van der Waals surface area contributed by atoms with Crippen molar-refractivity contribution in [1.82, 2.24) is 13.9 Å². The molecule has 2 aromatic carbocycles. The largest absolute Gasteiger partial charge is 0.316 e. The highest BCUT2D eigenvalue weighted by Crippen LogP contribution is 2.38. The van der Waals surface area contributed by atoms with Crippen LogP contribution in [0.25, 0.3) is 11.0 Å². The lowest BCUT2D eigenvalue weighted by Crippen LogP contribution is -2.27. The molecule has 2 fully saturated rings. The second kappa shape index (κ2) is 8.89. The fourth-order valence-corrected chi connectivity index (χ4v) is 7.48.